The second-order valence-electron chi connectivity index (χ2n) is 6.78. The van der Waals surface area contributed by atoms with Crippen molar-refractivity contribution < 1.29 is 22.7 Å². The van der Waals surface area contributed by atoms with Crippen molar-refractivity contribution in [1.82, 2.24) is 14.6 Å². The maximum atomic E-state index is 12.9. The van der Waals surface area contributed by atoms with Gasteiger partial charge in [0.25, 0.3) is 5.91 Å². The van der Waals surface area contributed by atoms with Gasteiger partial charge in [0.2, 0.25) is 0 Å². The molecule has 2 aromatic heterocycles. The summed E-state index contributed by atoms with van der Waals surface area (Å²) in [5.74, 6) is -0.521. The molecule has 2 heterocycles. The molecule has 158 valence electrons. The van der Waals surface area contributed by atoms with Crippen molar-refractivity contribution in [3.63, 3.8) is 0 Å². The number of hydrogen-bond donors (Lipinski definition) is 1. The topological polar surface area (TPSA) is 68.5 Å². The van der Waals surface area contributed by atoms with E-state index in [1.807, 2.05) is 6.07 Å². The van der Waals surface area contributed by atoms with Crippen LogP contribution in [0.4, 0.5) is 18.9 Å². The molecule has 0 saturated carbocycles. The van der Waals surface area contributed by atoms with Crippen LogP contribution in [0.5, 0.6) is 0 Å². The molecule has 0 unspecified atom stereocenters. The molecule has 0 bridgehead atoms. The number of carbonyl (C=O) groups is 1. The molecule has 0 fully saturated rings. The fourth-order valence-corrected chi connectivity index (χ4v) is 3.21. The summed E-state index contributed by atoms with van der Waals surface area (Å²) < 4.78 is 45.5. The fraction of sp³-hybridized carbons (Fsp3) is 0.136. The molecule has 1 N–H and O–H groups in total. The number of nitrogens with zero attached hydrogens (tertiary/aromatic N) is 3. The van der Waals surface area contributed by atoms with E-state index in [0.717, 1.165) is 17.7 Å². The van der Waals surface area contributed by atoms with Gasteiger partial charge < -0.3 is 10.1 Å². The second kappa shape index (κ2) is 8.19. The Morgan fingerprint density at radius 2 is 1.94 bits per heavy atom. The van der Waals surface area contributed by atoms with E-state index < -0.39 is 17.6 Å². The average molecular weight is 426 g/mol. The first-order valence-corrected chi connectivity index (χ1v) is 9.26. The Morgan fingerprint density at radius 3 is 2.71 bits per heavy atom. The molecule has 9 heteroatoms. The summed E-state index contributed by atoms with van der Waals surface area (Å²) in [6.07, 6.45) is -1.18. The number of nitrogens with one attached hydrogen (secondary N) is 1. The molecule has 4 rings (SSSR count). The molecule has 0 radical (unpaired) electrons. The van der Waals surface area contributed by atoms with E-state index in [-0.39, 0.29) is 5.69 Å². The van der Waals surface area contributed by atoms with Crippen LogP contribution < -0.4 is 5.32 Å². The monoisotopic (exact) mass is 426 g/mol. The van der Waals surface area contributed by atoms with E-state index in [0.29, 0.717) is 29.1 Å². The molecular weight excluding hydrogens is 409 g/mol. The van der Waals surface area contributed by atoms with Crippen LogP contribution in [-0.4, -0.2) is 27.6 Å². The third kappa shape index (κ3) is 4.26. The molecule has 0 aliphatic rings. The zero-order valence-electron chi connectivity index (χ0n) is 16.3. The van der Waals surface area contributed by atoms with Gasteiger partial charge >= 0.3 is 6.18 Å². The third-order valence-electron chi connectivity index (χ3n) is 4.64. The third-order valence-corrected chi connectivity index (χ3v) is 4.64. The molecule has 6 nitrogen and oxygen atoms in total. The molecular formula is C22H17F3N4O2. The molecule has 1 amide bonds. The van der Waals surface area contributed by atoms with E-state index in [2.05, 4.69) is 15.4 Å². The zero-order valence-corrected chi connectivity index (χ0v) is 16.3. The van der Waals surface area contributed by atoms with Crippen LogP contribution in [0.2, 0.25) is 0 Å². The van der Waals surface area contributed by atoms with Gasteiger partial charge in [-0.1, -0.05) is 18.2 Å². The molecule has 0 saturated heterocycles. The second-order valence-corrected chi connectivity index (χ2v) is 6.78. The summed E-state index contributed by atoms with van der Waals surface area (Å²) in [5, 5.41) is 6.87. The number of fused-ring (bicyclic) bond motifs is 1. The Bertz CT molecular complexity index is 1250. The van der Waals surface area contributed by atoms with Gasteiger partial charge in [-0.15, -0.1) is 0 Å². The number of ether oxygens (including phenoxy) is 1. The van der Waals surface area contributed by atoms with Gasteiger partial charge in [0.05, 0.1) is 24.1 Å². The minimum absolute atomic E-state index is 0.0628. The van der Waals surface area contributed by atoms with Crippen molar-refractivity contribution in [3.8, 4) is 11.3 Å². The van der Waals surface area contributed by atoms with Crippen molar-refractivity contribution in [1.29, 1.82) is 0 Å². The Balaban J connectivity index is 1.64. The van der Waals surface area contributed by atoms with Crippen LogP contribution in [0, 0.1) is 0 Å². The number of anilines is 1. The standard InChI is InChI=1S/C22H17F3N4O2/c1-31-13-16-12-27-29-19(8-9-26-20(16)29)14-4-2-5-15(10-14)21(30)28-18-7-3-6-17(11-18)22(23,24)25/h2-12H,13H2,1H3,(H,28,30). The normalized spacial score (nSPS) is 11.6. The predicted molar refractivity (Wildman–Crippen MR) is 109 cm³/mol. The van der Waals surface area contributed by atoms with Crippen LogP contribution in [0.1, 0.15) is 21.5 Å². The summed E-state index contributed by atoms with van der Waals surface area (Å²) in [7, 11) is 1.58. The lowest BCUT2D eigenvalue weighted by Gasteiger charge is -2.11. The van der Waals surface area contributed by atoms with Crippen LogP contribution in [0.25, 0.3) is 16.9 Å². The first kappa shape index (κ1) is 20.5. The summed E-state index contributed by atoms with van der Waals surface area (Å²) in [6, 6.07) is 13.0. The van der Waals surface area contributed by atoms with E-state index in [4.69, 9.17) is 4.74 Å². The number of aromatic nitrogens is 3. The molecule has 0 aliphatic heterocycles. The fourth-order valence-electron chi connectivity index (χ4n) is 3.21. The molecule has 31 heavy (non-hydrogen) atoms. The highest BCUT2D eigenvalue weighted by molar-refractivity contribution is 6.05. The number of rotatable bonds is 5. The van der Waals surface area contributed by atoms with Gasteiger partial charge in [-0.05, 0) is 36.4 Å². The predicted octanol–water partition coefficient (Wildman–Crippen LogP) is 4.81. The molecule has 0 atom stereocenters. The van der Waals surface area contributed by atoms with Crippen LogP contribution in [0.15, 0.2) is 67.0 Å². The maximum Gasteiger partial charge on any atom is 0.416 e. The highest BCUT2D eigenvalue weighted by atomic mass is 19.4. The zero-order chi connectivity index (χ0) is 22.0. The summed E-state index contributed by atoms with van der Waals surface area (Å²) in [6.45, 7) is 0.361. The molecule has 0 spiro atoms. The summed E-state index contributed by atoms with van der Waals surface area (Å²) in [4.78, 5) is 17.0. The number of alkyl halides is 3. The van der Waals surface area contributed by atoms with Crippen LogP contribution in [0.3, 0.4) is 0 Å². The number of hydrogen-bond acceptors (Lipinski definition) is 4. The first-order chi connectivity index (χ1) is 14.9. The summed E-state index contributed by atoms with van der Waals surface area (Å²) in [5.41, 5.74) is 2.40. The minimum atomic E-state index is -4.49. The van der Waals surface area contributed by atoms with Gasteiger partial charge in [0.15, 0.2) is 5.65 Å². The maximum absolute atomic E-state index is 12.9. The lowest BCUT2D eigenvalue weighted by molar-refractivity contribution is -0.137. The van der Waals surface area contributed by atoms with Gasteiger partial charge in [0.1, 0.15) is 0 Å². The number of halogens is 3. The Labute approximate surface area is 175 Å². The number of methoxy groups -OCH3 is 1. The highest BCUT2D eigenvalue weighted by Gasteiger charge is 2.30. The Hall–Kier alpha value is -3.72. The molecule has 4 aromatic rings. The largest absolute Gasteiger partial charge is 0.416 e. The van der Waals surface area contributed by atoms with E-state index in [1.165, 1.54) is 12.1 Å². The van der Waals surface area contributed by atoms with Crippen molar-refractivity contribution in [2.75, 3.05) is 12.4 Å². The number of amides is 1. The van der Waals surface area contributed by atoms with Gasteiger partial charge in [-0.2, -0.15) is 18.3 Å². The van der Waals surface area contributed by atoms with Crippen molar-refractivity contribution >= 4 is 17.2 Å². The van der Waals surface area contributed by atoms with E-state index in [9.17, 15) is 18.0 Å². The average Bonchev–Trinajstić information content (AvgIpc) is 3.17. The van der Waals surface area contributed by atoms with Crippen LogP contribution in [-0.2, 0) is 17.5 Å². The van der Waals surface area contributed by atoms with E-state index >= 15 is 0 Å². The highest BCUT2D eigenvalue weighted by Crippen LogP contribution is 2.31. The van der Waals surface area contributed by atoms with Crippen molar-refractivity contribution in [3.05, 3.63) is 83.7 Å². The van der Waals surface area contributed by atoms with Gasteiger partial charge in [-0.3, -0.25) is 4.79 Å². The van der Waals surface area contributed by atoms with Crippen molar-refractivity contribution in [2.45, 2.75) is 12.8 Å². The SMILES string of the molecule is COCc1cnn2c(-c3cccc(C(=O)Nc4cccc(C(F)(F)F)c4)c3)ccnc12. The van der Waals surface area contributed by atoms with Crippen LogP contribution >= 0.6 is 0 Å². The Kier molecular flexibility index (Phi) is 5.43. The van der Waals surface area contributed by atoms with Gasteiger partial charge in [-0.25, -0.2) is 9.50 Å². The van der Waals surface area contributed by atoms with E-state index in [1.54, 1.807) is 48.3 Å². The molecule has 2 aromatic carbocycles. The van der Waals surface area contributed by atoms with Gasteiger partial charge in [0, 0.05) is 35.7 Å². The summed E-state index contributed by atoms with van der Waals surface area (Å²) >= 11 is 0. The smallest absolute Gasteiger partial charge is 0.380 e. The lowest BCUT2D eigenvalue weighted by atomic mass is 10.1. The number of benzene rings is 2. The number of carbonyl (C=O) groups excluding carboxylic acids is 1. The first-order valence-electron chi connectivity index (χ1n) is 9.26. The Morgan fingerprint density at radius 1 is 1.13 bits per heavy atom. The lowest BCUT2D eigenvalue weighted by Crippen LogP contribution is -2.13. The molecule has 0 aliphatic carbocycles. The minimum Gasteiger partial charge on any atom is -0.380 e. The van der Waals surface area contributed by atoms with Crippen molar-refractivity contribution in [2.24, 2.45) is 0 Å². The quantitative estimate of drug-likeness (QED) is 0.497.